The highest BCUT2D eigenvalue weighted by atomic mass is 16.3. The number of nitrogens with zero attached hydrogens (tertiary/aromatic N) is 5. The Bertz CT molecular complexity index is 3540. The van der Waals surface area contributed by atoms with Crippen LogP contribution in [-0.4, -0.2) is 19.5 Å². The number of rotatable bonds is 6. The van der Waals surface area contributed by atoms with Crippen molar-refractivity contribution in [2.75, 3.05) is 4.90 Å². The second-order valence-electron chi connectivity index (χ2n) is 16.6. The third kappa shape index (κ3) is 5.46. The zero-order chi connectivity index (χ0) is 40.7. The van der Waals surface area contributed by atoms with E-state index in [0.29, 0.717) is 23.4 Å². The lowest BCUT2D eigenvalue weighted by Crippen LogP contribution is -2.19. The molecule has 6 nitrogen and oxygen atoms in total. The van der Waals surface area contributed by atoms with E-state index in [9.17, 15) is 0 Å². The molecule has 0 amide bonds. The number of hydrogen-bond acceptors (Lipinski definition) is 5. The second-order valence-corrected chi connectivity index (χ2v) is 16.6. The zero-order valence-corrected chi connectivity index (χ0v) is 33.9. The first kappa shape index (κ1) is 35.0. The summed E-state index contributed by atoms with van der Waals surface area (Å²) in [5.74, 6) is 2.33. The molecule has 6 aromatic carbocycles. The number of anilines is 1. The third-order valence-electron chi connectivity index (χ3n) is 13.0. The fourth-order valence-electron chi connectivity index (χ4n) is 10.2. The Morgan fingerprint density at radius 3 is 2.35 bits per heavy atom. The number of furan rings is 1. The Morgan fingerprint density at radius 1 is 0.597 bits per heavy atom. The van der Waals surface area contributed by atoms with E-state index in [4.69, 9.17) is 19.4 Å². The Morgan fingerprint density at radius 2 is 1.45 bits per heavy atom. The van der Waals surface area contributed by atoms with E-state index in [2.05, 4.69) is 161 Å². The van der Waals surface area contributed by atoms with Crippen LogP contribution in [0.1, 0.15) is 48.6 Å². The second kappa shape index (κ2) is 13.9. The largest absolute Gasteiger partial charge is 0.456 e. The van der Waals surface area contributed by atoms with Gasteiger partial charge in [0.2, 0.25) is 0 Å². The Labute approximate surface area is 358 Å². The summed E-state index contributed by atoms with van der Waals surface area (Å²) in [5, 5.41) is 4.48. The third-order valence-corrected chi connectivity index (χ3v) is 13.0. The number of benzene rings is 6. The minimum atomic E-state index is 0.319. The van der Waals surface area contributed by atoms with Gasteiger partial charge in [-0.15, -0.1) is 0 Å². The van der Waals surface area contributed by atoms with Gasteiger partial charge in [0.1, 0.15) is 11.2 Å². The van der Waals surface area contributed by atoms with Crippen LogP contribution < -0.4 is 4.90 Å². The van der Waals surface area contributed by atoms with Gasteiger partial charge in [-0.2, -0.15) is 0 Å². The smallest absolute Gasteiger partial charge is 0.164 e. The topological polar surface area (TPSA) is 60.0 Å². The fourth-order valence-corrected chi connectivity index (χ4v) is 10.2. The molecule has 0 fully saturated rings. The van der Waals surface area contributed by atoms with Gasteiger partial charge in [0.25, 0.3) is 0 Å². The maximum absolute atomic E-state index is 6.71. The van der Waals surface area contributed by atoms with Gasteiger partial charge in [-0.3, -0.25) is 0 Å². The van der Waals surface area contributed by atoms with E-state index in [1.54, 1.807) is 0 Å². The van der Waals surface area contributed by atoms with Crippen LogP contribution in [0.5, 0.6) is 0 Å². The summed E-state index contributed by atoms with van der Waals surface area (Å²) < 4.78 is 9.08. The molecule has 9 aromatic rings. The molecule has 4 heterocycles. The molecular weight excluding hydrogens is 759 g/mol. The summed E-state index contributed by atoms with van der Waals surface area (Å²) in [6.45, 7) is 0. The van der Waals surface area contributed by atoms with Crippen LogP contribution in [0.25, 0.3) is 83.4 Å². The van der Waals surface area contributed by atoms with Crippen LogP contribution in [0, 0.1) is 0 Å². The number of allylic oxidation sites excluding steroid dienone is 11. The van der Waals surface area contributed by atoms with Crippen LogP contribution in [0.3, 0.4) is 0 Å². The number of aromatic nitrogens is 4. The molecule has 3 aromatic heterocycles. The summed E-state index contributed by atoms with van der Waals surface area (Å²) in [5.41, 5.74) is 15.9. The molecule has 62 heavy (non-hydrogen) atoms. The van der Waals surface area contributed by atoms with E-state index in [1.807, 2.05) is 30.3 Å². The summed E-state index contributed by atoms with van der Waals surface area (Å²) in [6, 6.07) is 47.6. The summed E-state index contributed by atoms with van der Waals surface area (Å²) in [7, 11) is 0. The van der Waals surface area contributed by atoms with E-state index in [0.717, 1.165) is 81.0 Å². The molecule has 0 saturated heterocycles. The van der Waals surface area contributed by atoms with Gasteiger partial charge in [-0.1, -0.05) is 121 Å². The van der Waals surface area contributed by atoms with Gasteiger partial charge in [0, 0.05) is 67.4 Å². The van der Waals surface area contributed by atoms with Crippen molar-refractivity contribution in [3.63, 3.8) is 0 Å². The molecule has 294 valence electrons. The van der Waals surface area contributed by atoms with Crippen molar-refractivity contribution in [3.05, 3.63) is 210 Å². The Hall–Kier alpha value is -7.83. The predicted octanol–water partition coefficient (Wildman–Crippen LogP) is 14.1. The minimum absolute atomic E-state index is 0.319. The van der Waals surface area contributed by atoms with Crippen LogP contribution in [0.2, 0.25) is 0 Å². The quantitative estimate of drug-likeness (QED) is 0.168. The van der Waals surface area contributed by atoms with Gasteiger partial charge in [0.15, 0.2) is 17.5 Å². The van der Waals surface area contributed by atoms with Crippen LogP contribution in [0.4, 0.5) is 5.69 Å². The van der Waals surface area contributed by atoms with Crippen molar-refractivity contribution < 1.29 is 4.42 Å². The average molecular weight is 798 g/mol. The number of fused-ring (bicyclic) bond motifs is 9. The highest BCUT2D eigenvalue weighted by Crippen LogP contribution is 2.52. The van der Waals surface area contributed by atoms with E-state index in [-0.39, 0.29) is 0 Å². The molecule has 6 heteroatoms. The van der Waals surface area contributed by atoms with Crippen LogP contribution in [-0.2, 0) is 0 Å². The molecule has 4 aliphatic rings. The predicted molar refractivity (Wildman–Crippen MR) is 253 cm³/mol. The highest BCUT2D eigenvalue weighted by Gasteiger charge is 2.37. The maximum atomic E-state index is 6.71. The number of hydrogen-bond donors (Lipinski definition) is 0. The van der Waals surface area contributed by atoms with Crippen molar-refractivity contribution in [2.45, 2.75) is 31.6 Å². The molecule has 0 saturated carbocycles. The van der Waals surface area contributed by atoms with Crippen molar-refractivity contribution in [1.82, 2.24) is 19.5 Å². The molecular formula is C56H39N5O. The van der Waals surface area contributed by atoms with Crippen molar-refractivity contribution >= 4 is 60.6 Å². The van der Waals surface area contributed by atoms with Crippen molar-refractivity contribution in [1.29, 1.82) is 0 Å². The summed E-state index contributed by atoms with van der Waals surface area (Å²) in [6.07, 6.45) is 21.7. The highest BCUT2D eigenvalue weighted by molar-refractivity contribution is 6.13. The maximum Gasteiger partial charge on any atom is 0.164 e. The molecule has 0 radical (unpaired) electrons. The van der Waals surface area contributed by atoms with Gasteiger partial charge in [-0.25, -0.2) is 15.0 Å². The Kier molecular flexibility index (Phi) is 7.82. The molecule has 1 unspecified atom stereocenters. The molecule has 13 rings (SSSR count). The lowest BCUT2D eigenvalue weighted by molar-refractivity contribution is 0.668. The van der Waals surface area contributed by atoms with E-state index in [1.165, 1.54) is 44.6 Å². The van der Waals surface area contributed by atoms with Crippen molar-refractivity contribution in [2.24, 2.45) is 0 Å². The zero-order valence-electron chi connectivity index (χ0n) is 33.9. The first-order valence-corrected chi connectivity index (χ1v) is 21.6. The van der Waals surface area contributed by atoms with Gasteiger partial charge < -0.3 is 13.9 Å². The number of para-hydroxylation sites is 2. The SMILES string of the molecule is C1=CCCC(c2nc(-c3ccccc3)nc(-c3cccc4oc5cc(-n6c7ccccc7c7cc(C8=CC=C9C(C8)c8ccccc8N9C8=CCC=C8)ccc76)ccc5c34)n2)=C1. The molecule has 0 N–H and O–H groups in total. The molecule has 3 aliphatic carbocycles. The monoisotopic (exact) mass is 797 g/mol. The minimum Gasteiger partial charge on any atom is -0.456 e. The van der Waals surface area contributed by atoms with Crippen LogP contribution >= 0.6 is 0 Å². The van der Waals surface area contributed by atoms with Gasteiger partial charge >= 0.3 is 0 Å². The van der Waals surface area contributed by atoms with Gasteiger partial charge in [-0.05, 0) is 103 Å². The molecule has 0 bridgehead atoms. The Balaban J connectivity index is 0.911. The van der Waals surface area contributed by atoms with Crippen LogP contribution in [0.15, 0.2) is 198 Å². The standard InChI is InChI=1S/C56H39N5O/c1-3-14-35(15-4-1)54-57-55(36-16-5-2-6-17-36)59-56(58-54)44-22-13-25-51-53(44)43-29-28-40(34-52(43)62-51)61-48-24-12-10-21-42(48)46-33-38(27-31-50(46)61)37-26-30-49-45(32-37)41-20-9-11-23-47(41)60(49)39-18-7-8-19-39/h1-5,7,9-16,18-31,33-34,45H,6,8,17,32H2. The van der Waals surface area contributed by atoms with Crippen molar-refractivity contribution in [3.8, 4) is 28.5 Å². The lowest BCUT2D eigenvalue weighted by atomic mass is 9.84. The molecule has 1 aliphatic heterocycles. The summed E-state index contributed by atoms with van der Waals surface area (Å²) >= 11 is 0. The lowest BCUT2D eigenvalue weighted by Gasteiger charge is -2.26. The fraction of sp³-hybridized carbons (Fsp3) is 0.0893. The normalized spacial score (nSPS) is 16.8. The molecule has 0 spiro atoms. The van der Waals surface area contributed by atoms with E-state index < -0.39 is 0 Å². The van der Waals surface area contributed by atoms with E-state index >= 15 is 0 Å². The summed E-state index contributed by atoms with van der Waals surface area (Å²) in [4.78, 5) is 17.7. The average Bonchev–Trinajstić information content (AvgIpc) is 4.14. The first-order chi connectivity index (χ1) is 30.7. The van der Waals surface area contributed by atoms with Gasteiger partial charge in [0.05, 0.1) is 11.0 Å². The first-order valence-electron chi connectivity index (χ1n) is 21.6. The molecule has 1 atom stereocenters.